The fraction of sp³-hybridized carbons (Fsp3) is 0.417. The summed E-state index contributed by atoms with van der Waals surface area (Å²) in [5, 5.41) is 3.01. The highest BCUT2D eigenvalue weighted by molar-refractivity contribution is 5.81. The number of benzene rings is 2. The van der Waals surface area contributed by atoms with Crippen molar-refractivity contribution in [2.45, 2.75) is 47.1 Å². The highest BCUT2D eigenvalue weighted by Gasteiger charge is 2.20. The second-order valence-corrected chi connectivity index (χ2v) is 8.27. The van der Waals surface area contributed by atoms with E-state index in [0.29, 0.717) is 26.1 Å². The molecule has 5 heteroatoms. The number of hydrogen-bond donors (Lipinski definition) is 1. The lowest BCUT2D eigenvalue weighted by molar-refractivity contribution is -0.128. The van der Waals surface area contributed by atoms with Crippen molar-refractivity contribution < 1.29 is 9.53 Å². The molecule has 1 aromatic heterocycles. The Kier molecular flexibility index (Phi) is 6.57. The number of fused-ring (bicyclic) bond motifs is 1. The van der Waals surface area contributed by atoms with Crippen molar-refractivity contribution in [3.63, 3.8) is 0 Å². The Hall–Kier alpha value is -2.82. The smallest absolute Gasteiger partial charge is 0.225 e. The molecule has 3 aromatic rings. The third kappa shape index (κ3) is 5.37. The van der Waals surface area contributed by atoms with Crippen LogP contribution in [0, 0.1) is 5.41 Å². The van der Waals surface area contributed by atoms with Crippen molar-refractivity contribution in [1.82, 2.24) is 14.9 Å². The van der Waals surface area contributed by atoms with Gasteiger partial charge in [-0.05, 0) is 36.2 Å². The molecule has 0 aliphatic heterocycles. The first-order chi connectivity index (χ1) is 13.9. The van der Waals surface area contributed by atoms with Gasteiger partial charge in [-0.2, -0.15) is 0 Å². The molecule has 0 radical (unpaired) electrons. The SMILES string of the molecule is CCc1ccc(OCCn2c(CCNC(=O)C(C)(C)C)nc3ccccc32)cc1. The van der Waals surface area contributed by atoms with Gasteiger partial charge in [-0.1, -0.05) is 52.0 Å². The zero-order chi connectivity index (χ0) is 20.9. The van der Waals surface area contributed by atoms with Gasteiger partial charge in [0.1, 0.15) is 18.2 Å². The van der Waals surface area contributed by atoms with Crippen LogP contribution in [0.5, 0.6) is 5.75 Å². The molecule has 29 heavy (non-hydrogen) atoms. The molecule has 0 spiro atoms. The standard InChI is InChI=1S/C24H31N3O2/c1-5-18-10-12-19(13-11-18)29-17-16-27-21-9-7-6-8-20(21)26-22(27)14-15-25-23(28)24(2,3)4/h6-13H,5,14-17H2,1-4H3,(H,25,28). The van der Waals surface area contributed by atoms with E-state index in [1.165, 1.54) is 5.56 Å². The van der Waals surface area contributed by atoms with Crippen LogP contribution < -0.4 is 10.1 Å². The van der Waals surface area contributed by atoms with Gasteiger partial charge in [-0.25, -0.2) is 4.98 Å². The molecule has 0 unspecified atom stereocenters. The average Bonchev–Trinajstić information content (AvgIpc) is 3.05. The van der Waals surface area contributed by atoms with Gasteiger partial charge in [0.15, 0.2) is 0 Å². The number of nitrogens with one attached hydrogen (secondary N) is 1. The maximum absolute atomic E-state index is 12.1. The van der Waals surface area contributed by atoms with Crippen LogP contribution in [-0.4, -0.2) is 28.6 Å². The Bertz CT molecular complexity index is 952. The van der Waals surface area contributed by atoms with Gasteiger partial charge in [0.25, 0.3) is 0 Å². The molecule has 1 amide bonds. The number of aromatic nitrogens is 2. The van der Waals surface area contributed by atoms with Crippen LogP contribution in [0.2, 0.25) is 0 Å². The van der Waals surface area contributed by atoms with Gasteiger partial charge in [0, 0.05) is 18.4 Å². The van der Waals surface area contributed by atoms with Crippen LogP contribution in [0.3, 0.4) is 0 Å². The van der Waals surface area contributed by atoms with Crippen molar-refractivity contribution in [1.29, 1.82) is 0 Å². The maximum Gasteiger partial charge on any atom is 0.225 e. The largest absolute Gasteiger partial charge is 0.492 e. The molecule has 2 aromatic carbocycles. The van der Waals surface area contributed by atoms with Gasteiger partial charge in [0.05, 0.1) is 17.6 Å². The summed E-state index contributed by atoms with van der Waals surface area (Å²) in [4.78, 5) is 16.9. The fourth-order valence-electron chi connectivity index (χ4n) is 3.19. The summed E-state index contributed by atoms with van der Waals surface area (Å²) in [7, 11) is 0. The molecule has 5 nitrogen and oxygen atoms in total. The first kappa shape index (κ1) is 20.9. The van der Waals surface area contributed by atoms with E-state index < -0.39 is 0 Å². The predicted octanol–water partition coefficient (Wildman–Crippen LogP) is 4.38. The van der Waals surface area contributed by atoms with E-state index in [4.69, 9.17) is 9.72 Å². The highest BCUT2D eigenvalue weighted by Crippen LogP contribution is 2.18. The van der Waals surface area contributed by atoms with Crippen molar-refractivity contribution >= 4 is 16.9 Å². The van der Waals surface area contributed by atoms with E-state index in [1.807, 2.05) is 51.1 Å². The Balaban J connectivity index is 1.66. The zero-order valence-corrected chi connectivity index (χ0v) is 17.9. The number of amides is 1. The Morgan fingerprint density at radius 2 is 1.83 bits per heavy atom. The van der Waals surface area contributed by atoms with E-state index in [0.717, 1.165) is 29.0 Å². The first-order valence-electron chi connectivity index (χ1n) is 10.3. The van der Waals surface area contributed by atoms with E-state index in [1.54, 1.807) is 0 Å². The third-order valence-corrected chi connectivity index (χ3v) is 4.96. The second-order valence-electron chi connectivity index (χ2n) is 8.27. The van der Waals surface area contributed by atoms with Crippen LogP contribution in [-0.2, 0) is 24.2 Å². The minimum Gasteiger partial charge on any atom is -0.492 e. The molecule has 1 N–H and O–H groups in total. The summed E-state index contributed by atoms with van der Waals surface area (Å²) < 4.78 is 8.15. The minimum atomic E-state index is -0.388. The van der Waals surface area contributed by atoms with Gasteiger partial charge >= 0.3 is 0 Å². The Morgan fingerprint density at radius 3 is 2.52 bits per heavy atom. The Morgan fingerprint density at radius 1 is 1.10 bits per heavy atom. The molecule has 154 valence electrons. The molecular formula is C24H31N3O2. The molecule has 0 saturated heterocycles. The van der Waals surface area contributed by atoms with Crippen molar-refractivity contribution in [3.8, 4) is 5.75 Å². The molecule has 3 rings (SSSR count). The summed E-state index contributed by atoms with van der Waals surface area (Å²) in [5.41, 5.74) is 2.98. The van der Waals surface area contributed by atoms with Crippen molar-refractivity contribution in [2.75, 3.05) is 13.2 Å². The number of rotatable bonds is 8. The predicted molar refractivity (Wildman–Crippen MR) is 117 cm³/mol. The molecule has 0 aliphatic carbocycles. The van der Waals surface area contributed by atoms with E-state index in [-0.39, 0.29) is 11.3 Å². The number of carbonyl (C=O) groups is 1. The number of nitrogens with zero attached hydrogens (tertiary/aromatic N) is 2. The van der Waals surface area contributed by atoms with Crippen LogP contribution in [0.4, 0.5) is 0 Å². The third-order valence-electron chi connectivity index (χ3n) is 4.96. The van der Waals surface area contributed by atoms with Gasteiger partial charge < -0.3 is 14.6 Å². The fourth-order valence-corrected chi connectivity index (χ4v) is 3.19. The topological polar surface area (TPSA) is 56.1 Å². The number of hydrogen-bond acceptors (Lipinski definition) is 3. The lowest BCUT2D eigenvalue weighted by Gasteiger charge is -2.17. The number of ether oxygens (including phenoxy) is 1. The second kappa shape index (κ2) is 9.12. The molecule has 0 atom stereocenters. The summed E-state index contributed by atoms with van der Waals surface area (Å²) in [6.07, 6.45) is 1.71. The van der Waals surface area contributed by atoms with E-state index >= 15 is 0 Å². The van der Waals surface area contributed by atoms with E-state index in [2.05, 4.69) is 35.0 Å². The van der Waals surface area contributed by atoms with Crippen molar-refractivity contribution in [2.24, 2.45) is 5.41 Å². The molecule has 0 bridgehead atoms. The van der Waals surface area contributed by atoms with Gasteiger partial charge in [-0.15, -0.1) is 0 Å². The zero-order valence-electron chi connectivity index (χ0n) is 17.9. The number of para-hydroxylation sites is 2. The molecule has 0 aliphatic rings. The number of carbonyl (C=O) groups excluding carboxylic acids is 1. The monoisotopic (exact) mass is 393 g/mol. The molecule has 0 fully saturated rings. The summed E-state index contributed by atoms with van der Waals surface area (Å²) in [6.45, 7) is 9.74. The van der Waals surface area contributed by atoms with Crippen LogP contribution in [0.1, 0.15) is 39.1 Å². The molecule has 0 saturated carbocycles. The first-order valence-corrected chi connectivity index (χ1v) is 10.3. The summed E-state index contributed by atoms with van der Waals surface area (Å²) in [5.74, 6) is 1.90. The van der Waals surface area contributed by atoms with Gasteiger partial charge in [-0.3, -0.25) is 4.79 Å². The Labute approximate surface area is 173 Å². The normalized spacial score (nSPS) is 11.6. The van der Waals surface area contributed by atoms with E-state index in [9.17, 15) is 4.79 Å². The summed E-state index contributed by atoms with van der Waals surface area (Å²) in [6, 6.07) is 16.4. The average molecular weight is 394 g/mol. The molecule has 1 heterocycles. The van der Waals surface area contributed by atoms with Crippen molar-refractivity contribution in [3.05, 3.63) is 59.9 Å². The van der Waals surface area contributed by atoms with Crippen LogP contribution in [0.25, 0.3) is 11.0 Å². The maximum atomic E-state index is 12.1. The summed E-state index contributed by atoms with van der Waals surface area (Å²) >= 11 is 0. The number of aryl methyl sites for hydroxylation is 1. The lowest BCUT2D eigenvalue weighted by Crippen LogP contribution is -2.36. The highest BCUT2D eigenvalue weighted by atomic mass is 16.5. The van der Waals surface area contributed by atoms with Crippen LogP contribution in [0.15, 0.2) is 48.5 Å². The number of imidazole rings is 1. The van der Waals surface area contributed by atoms with Gasteiger partial charge in [0.2, 0.25) is 5.91 Å². The van der Waals surface area contributed by atoms with Crippen LogP contribution >= 0.6 is 0 Å². The molecular weight excluding hydrogens is 362 g/mol. The lowest BCUT2D eigenvalue weighted by atomic mass is 9.96. The minimum absolute atomic E-state index is 0.0546. The quantitative estimate of drug-likeness (QED) is 0.618.